The van der Waals surface area contributed by atoms with Gasteiger partial charge in [0.25, 0.3) is 0 Å². The highest BCUT2D eigenvalue weighted by atomic mass is 16.6. The van der Waals surface area contributed by atoms with Gasteiger partial charge in [-0.1, -0.05) is 6.92 Å². The van der Waals surface area contributed by atoms with E-state index < -0.39 is 5.60 Å². The van der Waals surface area contributed by atoms with Crippen LogP contribution in [-0.2, 0) is 14.3 Å². The maximum atomic E-state index is 11.4. The van der Waals surface area contributed by atoms with E-state index in [0.29, 0.717) is 5.57 Å². The Hall–Kier alpha value is -1.03. The van der Waals surface area contributed by atoms with E-state index in [1.165, 1.54) is 6.26 Å². The van der Waals surface area contributed by atoms with Gasteiger partial charge in [-0.2, -0.15) is 0 Å². The fourth-order valence-corrected chi connectivity index (χ4v) is 2.85. The number of rotatable bonds is 0. The lowest BCUT2D eigenvalue weighted by Crippen LogP contribution is -2.46. The zero-order valence-corrected chi connectivity index (χ0v) is 7.90. The first-order valence-electron chi connectivity index (χ1n) is 4.88. The van der Waals surface area contributed by atoms with E-state index in [-0.39, 0.29) is 30.5 Å². The molecule has 76 valence electrons. The molecular weight excluding hydrogens is 184 g/mol. The largest absolute Gasteiger partial charge is 0.498 e. The number of aliphatic hydroxyl groups is 1. The standard InChI is InChI=1S/C10H12O4/c1-5-2-7-8-6(9(11)14-7)3-13-4-10(5,8)12/h3,5,7-8,12H,2,4H2,1H3/t5-,7-,8-,10-/m0/s1. The molecule has 1 N–H and O–H groups in total. The van der Waals surface area contributed by atoms with Crippen LogP contribution in [0.2, 0.25) is 0 Å². The highest BCUT2D eigenvalue weighted by Gasteiger charge is 2.62. The summed E-state index contributed by atoms with van der Waals surface area (Å²) in [6, 6.07) is 0. The maximum Gasteiger partial charge on any atom is 0.337 e. The van der Waals surface area contributed by atoms with Gasteiger partial charge >= 0.3 is 5.97 Å². The number of carbonyl (C=O) groups is 1. The summed E-state index contributed by atoms with van der Waals surface area (Å²) < 4.78 is 10.3. The van der Waals surface area contributed by atoms with Crippen molar-refractivity contribution < 1.29 is 19.4 Å². The summed E-state index contributed by atoms with van der Waals surface area (Å²) in [4.78, 5) is 11.4. The average Bonchev–Trinajstić information content (AvgIpc) is 2.56. The van der Waals surface area contributed by atoms with E-state index in [2.05, 4.69) is 0 Å². The molecule has 1 aliphatic carbocycles. The first-order valence-corrected chi connectivity index (χ1v) is 4.88. The molecule has 0 amide bonds. The second kappa shape index (κ2) is 2.31. The Kier molecular flexibility index (Phi) is 1.37. The smallest absolute Gasteiger partial charge is 0.337 e. The van der Waals surface area contributed by atoms with Gasteiger partial charge in [0, 0.05) is 0 Å². The summed E-state index contributed by atoms with van der Waals surface area (Å²) in [6.45, 7) is 2.24. The topological polar surface area (TPSA) is 55.8 Å². The van der Waals surface area contributed by atoms with Gasteiger partial charge in [0.15, 0.2) is 0 Å². The van der Waals surface area contributed by atoms with Crippen molar-refractivity contribution in [2.75, 3.05) is 6.61 Å². The van der Waals surface area contributed by atoms with Crippen LogP contribution in [0.3, 0.4) is 0 Å². The van der Waals surface area contributed by atoms with Crippen molar-refractivity contribution in [3.05, 3.63) is 11.8 Å². The summed E-state index contributed by atoms with van der Waals surface area (Å²) in [5.74, 6) is -0.377. The van der Waals surface area contributed by atoms with Gasteiger partial charge in [0.1, 0.15) is 18.3 Å². The maximum absolute atomic E-state index is 11.4. The molecule has 0 bridgehead atoms. The first kappa shape index (κ1) is 8.29. The molecule has 0 radical (unpaired) electrons. The molecule has 0 aromatic heterocycles. The summed E-state index contributed by atoms with van der Waals surface area (Å²) in [5, 5.41) is 10.4. The monoisotopic (exact) mass is 196 g/mol. The number of hydrogen-bond donors (Lipinski definition) is 1. The zero-order valence-electron chi connectivity index (χ0n) is 7.90. The van der Waals surface area contributed by atoms with Gasteiger partial charge in [-0.3, -0.25) is 0 Å². The highest BCUT2D eigenvalue weighted by Crippen LogP contribution is 2.51. The van der Waals surface area contributed by atoms with Crippen molar-refractivity contribution in [2.24, 2.45) is 11.8 Å². The van der Waals surface area contributed by atoms with Crippen LogP contribution in [0.5, 0.6) is 0 Å². The molecule has 4 nitrogen and oxygen atoms in total. The van der Waals surface area contributed by atoms with Crippen LogP contribution in [0.1, 0.15) is 13.3 Å². The first-order chi connectivity index (χ1) is 6.63. The lowest BCUT2D eigenvalue weighted by Gasteiger charge is -2.34. The molecule has 2 fully saturated rings. The molecule has 3 aliphatic rings. The second-order valence-corrected chi connectivity index (χ2v) is 4.43. The molecule has 0 aromatic rings. The molecule has 14 heavy (non-hydrogen) atoms. The van der Waals surface area contributed by atoms with E-state index in [4.69, 9.17) is 9.47 Å². The van der Waals surface area contributed by atoms with Crippen LogP contribution in [0, 0.1) is 11.8 Å². The van der Waals surface area contributed by atoms with Crippen molar-refractivity contribution in [2.45, 2.75) is 25.0 Å². The lowest BCUT2D eigenvalue weighted by atomic mass is 9.81. The van der Waals surface area contributed by atoms with Gasteiger partial charge in [0.2, 0.25) is 0 Å². The van der Waals surface area contributed by atoms with Crippen LogP contribution in [0.4, 0.5) is 0 Å². The molecule has 0 aromatic carbocycles. The van der Waals surface area contributed by atoms with Crippen molar-refractivity contribution >= 4 is 5.97 Å². The number of esters is 1. The van der Waals surface area contributed by atoms with Crippen LogP contribution >= 0.6 is 0 Å². The molecule has 1 saturated carbocycles. The predicted molar refractivity (Wildman–Crippen MR) is 46.1 cm³/mol. The van der Waals surface area contributed by atoms with Crippen molar-refractivity contribution in [1.82, 2.24) is 0 Å². The summed E-state index contributed by atoms with van der Waals surface area (Å²) in [6.07, 6.45) is 2.03. The normalized spacial score (nSPS) is 49.4. The predicted octanol–water partition coefficient (Wildman–Crippen LogP) is 0.213. The molecule has 2 aliphatic heterocycles. The van der Waals surface area contributed by atoms with Crippen molar-refractivity contribution in [3.8, 4) is 0 Å². The molecule has 3 rings (SSSR count). The molecule has 0 unspecified atom stereocenters. The van der Waals surface area contributed by atoms with Gasteiger partial charge in [-0.05, 0) is 12.3 Å². The van der Waals surface area contributed by atoms with E-state index in [1.807, 2.05) is 6.92 Å². The van der Waals surface area contributed by atoms with Gasteiger partial charge in [-0.15, -0.1) is 0 Å². The number of ether oxygens (including phenoxy) is 2. The summed E-state index contributed by atoms with van der Waals surface area (Å²) in [7, 11) is 0. The fraction of sp³-hybridized carbons (Fsp3) is 0.700. The Balaban J connectivity index is 2.10. The zero-order chi connectivity index (χ0) is 9.92. The third-order valence-corrected chi connectivity index (χ3v) is 3.70. The summed E-state index contributed by atoms with van der Waals surface area (Å²) in [5.41, 5.74) is -0.394. The Morgan fingerprint density at radius 3 is 3.21 bits per heavy atom. The fourth-order valence-electron chi connectivity index (χ4n) is 2.85. The van der Waals surface area contributed by atoms with Gasteiger partial charge in [-0.25, -0.2) is 4.79 Å². The van der Waals surface area contributed by atoms with Crippen LogP contribution in [0.25, 0.3) is 0 Å². The van der Waals surface area contributed by atoms with E-state index in [0.717, 1.165) is 6.42 Å². The second-order valence-electron chi connectivity index (χ2n) is 4.43. The minimum absolute atomic E-state index is 0.120. The quantitative estimate of drug-likeness (QED) is 0.563. The molecular formula is C10H12O4. The van der Waals surface area contributed by atoms with E-state index in [1.54, 1.807) is 0 Å². The van der Waals surface area contributed by atoms with Crippen LogP contribution < -0.4 is 0 Å². The molecule has 4 atom stereocenters. The Morgan fingerprint density at radius 1 is 1.64 bits per heavy atom. The molecule has 1 saturated heterocycles. The third kappa shape index (κ3) is 0.756. The van der Waals surface area contributed by atoms with Crippen molar-refractivity contribution in [1.29, 1.82) is 0 Å². The lowest BCUT2D eigenvalue weighted by molar-refractivity contribution is -0.139. The van der Waals surface area contributed by atoms with Crippen molar-refractivity contribution in [3.63, 3.8) is 0 Å². The number of hydrogen-bond acceptors (Lipinski definition) is 4. The molecule has 2 heterocycles. The SMILES string of the molecule is C[C@H]1C[C@@H]2OC(=O)C3=COC[C@@]1(O)[C@@H]32. The van der Waals surface area contributed by atoms with Gasteiger partial charge < -0.3 is 14.6 Å². The van der Waals surface area contributed by atoms with E-state index >= 15 is 0 Å². The van der Waals surface area contributed by atoms with Crippen LogP contribution in [0.15, 0.2) is 11.8 Å². The Morgan fingerprint density at radius 2 is 2.43 bits per heavy atom. The highest BCUT2D eigenvalue weighted by molar-refractivity contribution is 5.92. The van der Waals surface area contributed by atoms with Gasteiger partial charge in [0.05, 0.1) is 17.8 Å². The third-order valence-electron chi connectivity index (χ3n) is 3.70. The van der Waals surface area contributed by atoms with Crippen LogP contribution in [-0.4, -0.2) is 29.4 Å². The number of carbonyl (C=O) groups excluding carboxylic acids is 1. The Labute approximate surface area is 81.5 Å². The van der Waals surface area contributed by atoms with E-state index in [9.17, 15) is 9.90 Å². The average molecular weight is 196 g/mol. The summed E-state index contributed by atoms with van der Waals surface area (Å²) >= 11 is 0. The molecule has 4 heteroatoms. The molecule has 0 spiro atoms. The minimum atomic E-state index is -0.902. The minimum Gasteiger partial charge on any atom is -0.498 e. The Bertz CT molecular complexity index is 335.